The smallest absolute Gasteiger partial charge is 0.362 e. The zero-order valence-corrected chi connectivity index (χ0v) is 15.6. The van der Waals surface area contributed by atoms with Gasteiger partial charge in [0.2, 0.25) is 17.5 Å². The van der Waals surface area contributed by atoms with Gasteiger partial charge in [-0.15, -0.1) is 5.10 Å². The van der Waals surface area contributed by atoms with Crippen LogP contribution in [0.4, 0.5) is 10.7 Å². The zero-order valence-electron chi connectivity index (χ0n) is 14.8. The van der Waals surface area contributed by atoms with Gasteiger partial charge in [0.15, 0.2) is 5.00 Å². The maximum absolute atomic E-state index is 12.6. The van der Waals surface area contributed by atoms with Crippen LogP contribution in [-0.4, -0.2) is 47.6 Å². The van der Waals surface area contributed by atoms with Crippen molar-refractivity contribution in [3.63, 3.8) is 0 Å². The Labute approximate surface area is 159 Å². The molecule has 142 valence electrons. The first-order valence-corrected chi connectivity index (χ1v) is 9.05. The SMILES string of the molecule is CCOC(=O)c1nnsc1NC(=O)C1CC(=O)N(c2cccc(OC)c2)C1. The number of rotatable bonds is 6. The largest absolute Gasteiger partial charge is 0.497 e. The minimum Gasteiger partial charge on any atom is -0.497 e. The van der Waals surface area contributed by atoms with Crippen LogP contribution in [0.25, 0.3) is 0 Å². The highest BCUT2D eigenvalue weighted by Crippen LogP contribution is 2.29. The standard InChI is InChI=1S/C17H18N4O5S/c1-3-26-17(24)14-16(27-20-19-14)18-15(23)10-7-13(22)21(9-10)11-5-4-6-12(8-11)25-2/h4-6,8,10H,3,7,9H2,1-2H3,(H,18,23). The topological polar surface area (TPSA) is 111 Å². The third-order valence-electron chi connectivity index (χ3n) is 4.05. The monoisotopic (exact) mass is 390 g/mol. The summed E-state index contributed by atoms with van der Waals surface area (Å²) < 4.78 is 13.8. The second kappa shape index (κ2) is 8.12. The Morgan fingerprint density at radius 2 is 2.22 bits per heavy atom. The maximum Gasteiger partial charge on any atom is 0.362 e. The predicted molar refractivity (Wildman–Crippen MR) is 97.9 cm³/mol. The van der Waals surface area contributed by atoms with Crippen molar-refractivity contribution in [3.05, 3.63) is 30.0 Å². The summed E-state index contributed by atoms with van der Waals surface area (Å²) in [6, 6.07) is 7.09. The summed E-state index contributed by atoms with van der Waals surface area (Å²) in [4.78, 5) is 38.3. The molecular formula is C17H18N4O5S. The van der Waals surface area contributed by atoms with E-state index in [0.717, 1.165) is 11.5 Å². The van der Waals surface area contributed by atoms with Crippen molar-refractivity contribution in [2.24, 2.45) is 5.92 Å². The average molecular weight is 390 g/mol. The first-order chi connectivity index (χ1) is 13.0. The molecule has 0 saturated carbocycles. The van der Waals surface area contributed by atoms with E-state index in [2.05, 4.69) is 14.9 Å². The van der Waals surface area contributed by atoms with Crippen LogP contribution in [0.15, 0.2) is 24.3 Å². The molecule has 1 N–H and O–H groups in total. The van der Waals surface area contributed by atoms with E-state index in [1.54, 1.807) is 43.2 Å². The quantitative estimate of drug-likeness (QED) is 0.748. The second-order valence-corrected chi connectivity index (χ2v) is 6.52. The van der Waals surface area contributed by atoms with Gasteiger partial charge in [0.05, 0.1) is 19.6 Å². The highest BCUT2D eigenvalue weighted by molar-refractivity contribution is 7.10. The molecule has 0 spiro atoms. The summed E-state index contributed by atoms with van der Waals surface area (Å²) in [5.74, 6) is -1.10. The van der Waals surface area contributed by atoms with Gasteiger partial charge in [-0.3, -0.25) is 9.59 Å². The van der Waals surface area contributed by atoms with E-state index in [4.69, 9.17) is 9.47 Å². The van der Waals surface area contributed by atoms with Crippen LogP contribution in [-0.2, 0) is 14.3 Å². The minimum absolute atomic E-state index is 0.0378. The van der Waals surface area contributed by atoms with Crippen LogP contribution < -0.4 is 15.0 Å². The molecule has 3 rings (SSSR count). The second-order valence-electron chi connectivity index (χ2n) is 5.77. The third-order valence-corrected chi connectivity index (χ3v) is 4.70. The number of hydrogen-bond acceptors (Lipinski definition) is 8. The van der Waals surface area contributed by atoms with E-state index in [1.165, 1.54) is 0 Å². The van der Waals surface area contributed by atoms with E-state index in [1.807, 2.05) is 0 Å². The molecular weight excluding hydrogens is 372 g/mol. The molecule has 27 heavy (non-hydrogen) atoms. The molecule has 0 aliphatic carbocycles. The van der Waals surface area contributed by atoms with Crippen molar-refractivity contribution in [1.29, 1.82) is 0 Å². The molecule has 1 aromatic carbocycles. The van der Waals surface area contributed by atoms with Gasteiger partial charge < -0.3 is 19.7 Å². The fraction of sp³-hybridized carbons (Fsp3) is 0.353. The number of anilines is 2. The van der Waals surface area contributed by atoms with Gasteiger partial charge in [-0.2, -0.15) is 0 Å². The van der Waals surface area contributed by atoms with Crippen LogP contribution in [0.5, 0.6) is 5.75 Å². The highest BCUT2D eigenvalue weighted by Gasteiger charge is 2.36. The molecule has 0 bridgehead atoms. The van der Waals surface area contributed by atoms with Crippen molar-refractivity contribution in [2.45, 2.75) is 13.3 Å². The summed E-state index contributed by atoms with van der Waals surface area (Å²) in [5, 5.41) is 6.55. The lowest BCUT2D eigenvalue weighted by atomic mass is 10.1. The highest BCUT2D eigenvalue weighted by atomic mass is 32.1. The number of aromatic nitrogens is 2. The lowest BCUT2D eigenvalue weighted by Gasteiger charge is -2.17. The van der Waals surface area contributed by atoms with Crippen LogP contribution >= 0.6 is 11.5 Å². The molecule has 2 amide bonds. The van der Waals surface area contributed by atoms with Crippen molar-refractivity contribution in [2.75, 3.05) is 30.5 Å². The molecule has 0 radical (unpaired) electrons. The Morgan fingerprint density at radius 1 is 1.41 bits per heavy atom. The van der Waals surface area contributed by atoms with Crippen molar-refractivity contribution in [3.8, 4) is 5.75 Å². The van der Waals surface area contributed by atoms with Crippen molar-refractivity contribution in [1.82, 2.24) is 9.59 Å². The minimum atomic E-state index is -0.651. The number of amides is 2. The number of hydrogen-bond donors (Lipinski definition) is 1. The van der Waals surface area contributed by atoms with E-state index in [0.29, 0.717) is 11.4 Å². The molecule has 2 heterocycles. The van der Waals surface area contributed by atoms with Crippen LogP contribution in [0, 0.1) is 5.92 Å². The van der Waals surface area contributed by atoms with Gasteiger partial charge >= 0.3 is 5.97 Å². The Morgan fingerprint density at radius 3 is 2.96 bits per heavy atom. The molecule has 2 aromatic rings. The number of carbonyl (C=O) groups is 3. The van der Waals surface area contributed by atoms with Crippen LogP contribution in [0.3, 0.4) is 0 Å². The molecule has 9 nitrogen and oxygen atoms in total. The van der Waals surface area contributed by atoms with Crippen LogP contribution in [0.2, 0.25) is 0 Å². The van der Waals surface area contributed by atoms with Crippen molar-refractivity contribution >= 4 is 40.0 Å². The lowest BCUT2D eigenvalue weighted by Crippen LogP contribution is -2.28. The zero-order chi connectivity index (χ0) is 19.4. The number of nitrogens with one attached hydrogen (secondary N) is 1. The van der Waals surface area contributed by atoms with Gasteiger partial charge in [0.25, 0.3) is 0 Å². The average Bonchev–Trinajstić information content (AvgIpc) is 3.28. The van der Waals surface area contributed by atoms with Gasteiger partial charge in [0, 0.05) is 36.3 Å². The summed E-state index contributed by atoms with van der Waals surface area (Å²) >= 11 is 0.885. The van der Waals surface area contributed by atoms with Gasteiger partial charge in [-0.05, 0) is 19.1 Å². The number of benzene rings is 1. The number of methoxy groups -OCH3 is 1. The van der Waals surface area contributed by atoms with Gasteiger partial charge in [-0.1, -0.05) is 10.6 Å². The van der Waals surface area contributed by atoms with E-state index < -0.39 is 11.9 Å². The number of nitrogens with zero attached hydrogens (tertiary/aromatic N) is 3. The molecule has 1 aliphatic rings. The number of ether oxygens (including phenoxy) is 2. The Hall–Kier alpha value is -3.01. The van der Waals surface area contributed by atoms with E-state index in [-0.39, 0.29) is 42.1 Å². The molecule has 1 unspecified atom stereocenters. The first-order valence-electron chi connectivity index (χ1n) is 8.28. The summed E-state index contributed by atoms with van der Waals surface area (Å²) in [6.07, 6.45) is 0.0734. The van der Waals surface area contributed by atoms with E-state index >= 15 is 0 Å². The molecule has 1 fully saturated rings. The number of esters is 1. The molecule has 1 aliphatic heterocycles. The summed E-state index contributed by atoms with van der Waals surface area (Å²) in [7, 11) is 1.55. The molecule has 1 aromatic heterocycles. The van der Waals surface area contributed by atoms with Crippen LogP contribution in [0.1, 0.15) is 23.8 Å². The maximum atomic E-state index is 12.6. The lowest BCUT2D eigenvalue weighted by molar-refractivity contribution is -0.122. The Kier molecular flexibility index (Phi) is 5.65. The van der Waals surface area contributed by atoms with Gasteiger partial charge in [-0.25, -0.2) is 4.79 Å². The van der Waals surface area contributed by atoms with Gasteiger partial charge in [0.1, 0.15) is 5.75 Å². The normalized spacial score (nSPS) is 16.3. The fourth-order valence-corrected chi connectivity index (χ4v) is 3.29. The predicted octanol–water partition coefficient (Wildman–Crippen LogP) is 1.72. The van der Waals surface area contributed by atoms with E-state index in [9.17, 15) is 14.4 Å². The summed E-state index contributed by atoms with van der Waals surface area (Å²) in [5.41, 5.74) is 0.630. The Bertz CT molecular complexity index is 869. The summed E-state index contributed by atoms with van der Waals surface area (Å²) in [6.45, 7) is 2.10. The third kappa shape index (κ3) is 4.05. The molecule has 1 atom stereocenters. The number of carbonyl (C=O) groups excluding carboxylic acids is 3. The van der Waals surface area contributed by atoms with Crippen molar-refractivity contribution < 1.29 is 23.9 Å². The fourth-order valence-electron chi connectivity index (χ4n) is 2.73. The first kappa shape index (κ1) is 18.8. The Balaban J connectivity index is 1.69. The molecule has 10 heteroatoms. The molecule has 1 saturated heterocycles.